The zero-order valence-corrected chi connectivity index (χ0v) is 10.7. The molecule has 1 aliphatic rings. The van der Waals surface area contributed by atoms with Crippen molar-refractivity contribution in [1.29, 1.82) is 0 Å². The molecule has 18 heavy (non-hydrogen) atoms. The molecule has 0 aliphatic carbocycles. The summed E-state index contributed by atoms with van der Waals surface area (Å²) in [5, 5.41) is 7.95. The van der Waals surface area contributed by atoms with E-state index in [-0.39, 0.29) is 6.04 Å². The average Bonchev–Trinajstić information content (AvgIpc) is 2.83. The molecular formula is C10H19N7O. The van der Waals surface area contributed by atoms with Crippen molar-refractivity contribution in [2.45, 2.75) is 26.1 Å². The number of methoxy groups -OCH3 is 1. The van der Waals surface area contributed by atoms with Gasteiger partial charge in [-0.05, 0) is 6.92 Å². The summed E-state index contributed by atoms with van der Waals surface area (Å²) in [7, 11) is 1.66. The van der Waals surface area contributed by atoms with Gasteiger partial charge in [0, 0.05) is 20.2 Å². The lowest BCUT2D eigenvalue weighted by Crippen LogP contribution is -2.48. The van der Waals surface area contributed by atoms with Crippen molar-refractivity contribution in [3.63, 3.8) is 0 Å². The van der Waals surface area contributed by atoms with Gasteiger partial charge in [0.15, 0.2) is 5.82 Å². The Morgan fingerprint density at radius 3 is 3.22 bits per heavy atom. The molecule has 1 unspecified atom stereocenters. The number of aliphatic imine (C=N–C) groups is 1. The Balaban J connectivity index is 2.06. The largest absolute Gasteiger partial charge is 0.382 e. The first-order chi connectivity index (χ1) is 8.74. The van der Waals surface area contributed by atoms with E-state index in [1.807, 2.05) is 11.5 Å². The molecule has 0 amide bonds. The van der Waals surface area contributed by atoms with Gasteiger partial charge in [0.1, 0.15) is 6.33 Å². The molecule has 0 spiro atoms. The second kappa shape index (κ2) is 5.78. The van der Waals surface area contributed by atoms with Crippen LogP contribution in [0.4, 0.5) is 0 Å². The summed E-state index contributed by atoms with van der Waals surface area (Å²) in [6.45, 7) is 4.86. The van der Waals surface area contributed by atoms with E-state index in [9.17, 15) is 0 Å². The summed E-state index contributed by atoms with van der Waals surface area (Å²) in [5.41, 5.74) is 2.65. The maximum Gasteiger partial charge on any atom is 0.209 e. The van der Waals surface area contributed by atoms with Crippen LogP contribution in [0, 0.1) is 0 Å². The third kappa shape index (κ3) is 2.77. The predicted octanol–water partition coefficient (Wildman–Crippen LogP) is -1.05. The van der Waals surface area contributed by atoms with E-state index in [0.29, 0.717) is 19.1 Å². The van der Waals surface area contributed by atoms with Crippen molar-refractivity contribution < 1.29 is 4.74 Å². The number of hydrogen-bond acceptors (Lipinski definition) is 5. The lowest BCUT2D eigenvalue weighted by molar-refractivity contribution is 0.184. The summed E-state index contributed by atoms with van der Waals surface area (Å²) in [5.74, 6) is 7.12. The standard InChI is InChI=1S/C10H19N7O/c1-8(6-18-2)13-10(14-11)16-3-4-17-7-12-15-9(17)5-16/h7-8H,3-6,11H2,1-2H3,(H,13,14). The number of rotatable bonds is 3. The van der Waals surface area contributed by atoms with E-state index < -0.39 is 0 Å². The number of nitrogens with one attached hydrogen (secondary N) is 1. The molecule has 0 saturated carbocycles. The first-order valence-electron chi connectivity index (χ1n) is 5.89. The summed E-state index contributed by atoms with van der Waals surface area (Å²) in [6.07, 6.45) is 1.74. The Bertz CT molecular complexity index is 416. The topological polar surface area (TPSA) is 93.6 Å². The quantitative estimate of drug-likeness (QED) is 0.309. The molecule has 1 aliphatic heterocycles. The Hall–Kier alpha value is -1.67. The van der Waals surface area contributed by atoms with Crippen molar-refractivity contribution in [3.8, 4) is 0 Å². The second-order valence-corrected chi connectivity index (χ2v) is 4.26. The van der Waals surface area contributed by atoms with Gasteiger partial charge in [0.25, 0.3) is 0 Å². The third-order valence-corrected chi connectivity index (χ3v) is 2.82. The minimum atomic E-state index is 0.0563. The molecule has 0 fully saturated rings. The molecule has 8 nitrogen and oxygen atoms in total. The number of aromatic nitrogens is 3. The molecule has 8 heteroatoms. The highest BCUT2D eigenvalue weighted by atomic mass is 16.5. The van der Waals surface area contributed by atoms with E-state index in [1.165, 1.54) is 0 Å². The van der Waals surface area contributed by atoms with Crippen LogP contribution >= 0.6 is 0 Å². The van der Waals surface area contributed by atoms with E-state index in [1.54, 1.807) is 13.4 Å². The monoisotopic (exact) mass is 253 g/mol. The summed E-state index contributed by atoms with van der Waals surface area (Å²) in [6, 6.07) is 0.0563. The predicted molar refractivity (Wildman–Crippen MR) is 66.5 cm³/mol. The summed E-state index contributed by atoms with van der Waals surface area (Å²) in [4.78, 5) is 6.54. The van der Waals surface area contributed by atoms with Crippen LogP contribution < -0.4 is 11.3 Å². The SMILES string of the molecule is COCC(C)N=C(NN)N1CCn2cnnc2C1. The zero-order chi connectivity index (χ0) is 13.0. The fourth-order valence-electron chi connectivity index (χ4n) is 1.94. The molecule has 0 aromatic carbocycles. The summed E-state index contributed by atoms with van der Waals surface area (Å²) >= 11 is 0. The van der Waals surface area contributed by atoms with Crippen LogP contribution in [0.5, 0.6) is 0 Å². The van der Waals surface area contributed by atoms with Crippen molar-refractivity contribution >= 4 is 5.96 Å². The van der Waals surface area contributed by atoms with E-state index in [4.69, 9.17) is 10.6 Å². The van der Waals surface area contributed by atoms with Crippen molar-refractivity contribution in [1.82, 2.24) is 25.1 Å². The van der Waals surface area contributed by atoms with Crippen LogP contribution in [0.1, 0.15) is 12.7 Å². The fraction of sp³-hybridized carbons (Fsp3) is 0.700. The Morgan fingerprint density at radius 1 is 1.67 bits per heavy atom. The number of hydrogen-bond donors (Lipinski definition) is 2. The first kappa shape index (κ1) is 12.8. The highest BCUT2D eigenvalue weighted by molar-refractivity contribution is 5.79. The molecule has 0 saturated heterocycles. The van der Waals surface area contributed by atoms with Gasteiger partial charge >= 0.3 is 0 Å². The highest BCUT2D eigenvalue weighted by Gasteiger charge is 2.20. The van der Waals surface area contributed by atoms with Crippen molar-refractivity contribution in [2.24, 2.45) is 10.8 Å². The number of nitrogens with two attached hydrogens (primary N) is 1. The molecular weight excluding hydrogens is 234 g/mol. The zero-order valence-electron chi connectivity index (χ0n) is 10.7. The van der Waals surface area contributed by atoms with Gasteiger partial charge in [-0.1, -0.05) is 0 Å². The lowest BCUT2D eigenvalue weighted by Gasteiger charge is -2.29. The van der Waals surface area contributed by atoms with E-state index in [2.05, 4.69) is 25.5 Å². The Morgan fingerprint density at radius 2 is 2.50 bits per heavy atom. The average molecular weight is 253 g/mol. The number of fused-ring (bicyclic) bond motifs is 1. The number of hydrazine groups is 1. The number of nitrogens with zero attached hydrogens (tertiary/aromatic N) is 5. The maximum atomic E-state index is 5.54. The van der Waals surface area contributed by atoms with Crippen molar-refractivity contribution in [2.75, 3.05) is 20.3 Å². The molecule has 3 N–H and O–H groups in total. The molecule has 100 valence electrons. The minimum absolute atomic E-state index is 0.0563. The molecule has 1 aromatic heterocycles. The lowest BCUT2D eigenvalue weighted by atomic mass is 10.3. The first-order valence-corrected chi connectivity index (χ1v) is 5.89. The number of ether oxygens (including phenoxy) is 1. The van der Waals surface area contributed by atoms with E-state index >= 15 is 0 Å². The maximum absolute atomic E-state index is 5.54. The van der Waals surface area contributed by atoms with Crippen LogP contribution in [0.25, 0.3) is 0 Å². The van der Waals surface area contributed by atoms with E-state index in [0.717, 1.165) is 18.9 Å². The fourth-order valence-corrected chi connectivity index (χ4v) is 1.94. The van der Waals surface area contributed by atoms with Crippen LogP contribution in [0.15, 0.2) is 11.3 Å². The number of guanidine groups is 1. The molecule has 2 rings (SSSR count). The van der Waals surface area contributed by atoms with Crippen LogP contribution in [-0.4, -0.2) is 51.9 Å². The van der Waals surface area contributed by atoms with Crippen LogP contribution in [-0.2, 0) is 17.8 Å². The van der Waals surface area contributed by atoms with Crippen LogP contribution in [0.3, 0.4) is 0 Å². The van der Waals surface area contributed by atoms with Gasteiger partial charge in [-0.2, -0.15) is 0 Å². The smallest absolute Gasteiger partial charge is 0.209 e. The third-order valence-electron chi connectivity index (χ3n) is 2.82. The van der Waals surface area contributed by atoms with Gasteiger partial charge in [0.05, 0.1) is 19.2 Å². The van der Waals surface area contributed by atoms with Crippen molar-refractivity contribution in [3.05, 3.63) is 12.2 Å². The van der Waals surface area contributed by atoms with Gasteiger partial charge in [-0.15, -0.1) is 10.2 Å². The molecule has 1 atom stereocenters. The normalized spacial score (nSPS) is 17.5. The Labute approximate surface area is 106 Å². The van der Waals surface area contributed by atoms with Gasteiger partial charge in [0.2, 0.25) is 5.96 Å². The van der Waals surface area contributed by atoms with Gasteiger partial charge < -0.3 is 14.2 Å². The van der Waals surface area contributed by atoms with Gasteiger partial charge in [-0.25, -0.2) is 10.8 Å². The second-order valence-electron chi connectivity index (χ2n) is 4.26. The Kier molecular flexibility index (Phi) is 4.11. The minimum Gasteiger partial charge on any atom is -0.382 e. The molecule has 2 heterocycles. The highest BCUT2D eigenvalue weighted by Crippen LogP contribution is 2.09. The van der Waals surface area contributed by atoms with Gasteiger partial charge in [-0.3, -0.25) is 5.43 Å². The summed E-state index contributed by atoms with van der Waals surface area (Å²) < 4.78 is 7.09. The molecule has 0 radical (unpaired) electrons. The molecule has 0 bridgehead atoms. The molecule has 1 aromatic rings. The van der Waals surface area contributed by atoms with Crippen LogP contribution in [0.2, 0.25) is 0 Å².